The van der Waals surface area contributed by atoms with E-state index in [1.807, 2.05) is 0 Å². The third-order valence-corrected chi connectivity index (χ3v) is 2.63. The molecule has 3 N–H and O–H groups in total. The van der Waals surface area contributed by atoms with Gasteiger partial charge < -0.3 is 20.5 Å². The molecule has 0 saturated heterocycles. The average Bonchev–Trinajstić information content (AvgIpc) is 2.45. The highest BCUT2D eigenvalue weighted by Gasteiger charge is 2.27. The summed E-state index contributed by atoms with van der Waals surface area (Å²) >= 11 is 0. The van der Waals surface area contributed by atoms with Gasteiger partial charge in [-0.2, -0.15) is 13.2 Å². The molecule has 23 heavy (non-hydrogen) atoms. The van der Waals surface area contributed by atoms with Crippen LogP contribution in [0.4, 0.5) is 18.0 Å². The Balaban J connectivity index is 2.28. The predicted molar refractivity (Wildman–Crippen MR) is 74.6 cm³/mol. The largest absolute Gasteiger partial charge is 0.481 e. The Morgan fingerprint density at radius 2 is 1.70 bits per heavy atom. The second kappa shape index (κ2) is 8.99. The van der Waals surface area contributed by atoms with E-state index in [1.165, 1.54) is 0 Å². The first-order chi connectivity index (χ1) is 10.8. The molecule has 0 spiro atoms. The van der Waals surface area contributed by atoms with Crippen molar-refractivity contribution in [1.82, 2.24) is 10.6 Å². The smallest absolute Gasteiger partial charge is 0.411 e. The minimum atomic E-state index is -4.35. The van der Waals surface area contributed by atoms with Crippen LogP contribution in [0.2, 0.25) is 0 Å². The van der Waals surface area contributed by atoms with Crippen LogP contribution in [0.5, 0.6) is 0 Å². The Labute approximate surface area is 130 Å². The van der Waals surface area contributed by atoms with Crippen molar-refractivity contribution < 1.29 is 32.6 Å². The molecule has 0 aliphatic rings. The van der Waals surface area contributed by atoms with Crippen LogP contribution in [-0.4, -0.2) is 36.4 Å². The van der Waals surface area contributed by atoms with Gasteiger partial charge in [0.1, 0.15) is 6.61 Å². The van der Waals surface area contributed by atoms with Crippen molar-refractivity contribution in [2.24, 2.45) is 0 Å². The lowest BCUT2D eigenvalue weighted by atomic mass is 10.1. The number of alkyl halides is 3. The van der Waals surface area contributed by atoms with Gasteiger partial charge in [-0.3, -0.25) is 4.79 Å². The lowest BCUT2D eigenvalue weighted by Gasteiger charge is -2.09. The van der Waals surface area contributed by atoms with Gasteiger partial charge in [-0.1, -0.05) is 24.3 Å². The van der Waals surface area contributed by atoms with Gasteiger partial charge in [-0.15, -0.1) is 0 Å². The topological polar surface area (TPSA) is 87.7 Å². The zero-order valence-electron chi connectivity index (χ0n) is 12.2. The molecule has 1 rings (SSSR count). The van der Waals surface area contributed by atoms with Crippen LogP contribution in [0.1, 0.15) is 17.5 Å². The van der Waals surface area contributed by atoms with E-state index >= 15 is 0 Å². The number of benzene rings is 1. The van der Waals surface area contributed by atoms with Crippen molar-refractivity contribution in [3.05, 3.63) is 35.4 Å². The van der Waals surface area contributed by atoms with E-state index in [2.05, 4.69) is 15.4 Å². The molecular weight excluding hydrogens is 317 g/mol. The highest BCUT2D eigenvalue weighted by atomic mass is 19.4. The van der Waals surface area contributed by atoms with Gasteiger partial charge in [0.25, 0.3) is 0 Å². The lowest BCUT2D eigenvalue weighted by molar-refractivity contribution is -0.176. The molecule has 0 saturated carbocycles. The number of amides is 2. The van der Waals surface area contributed by atoms with E-state index in [0.29, 0.717) is 5.56 Å². The van der Waals surface area contributed by atoms with E-state index in [0.717, 1.165) is 5.56 Å². The fourth-order valence-electron chi connectivity index (χ4n) is 1.57. The number of hydrogen-bond acceptors (Lipinski definition) is 3. The molecule has 0 bridgehead atoms. The Morgan fingerprint density at radius 3 is 2.26 bits per heavy atom. The maximum Gasteiger partial charge on any atom is 0.411 e. The molecule has 1 aromatic rings. The summed E-state index contributed by atoms with van der Waals surface area (Å²) in [6.45, 7) is -1.21. The van der Waals surface area contributed by atoms with Crippen molar-refractivity contribution in [1.29, 1.82) is 0 Å². The second-order valence-corrected chi connectivity index (χ2v) is 4.68. The number of carboxylic acid groups (broad SMARTS) is 1. The summed E-state index contributed by atoms with van der Waals surface area (Å²) in [6.07, 6.45) is -4.52. The summed E-state index contributed by atoms with van der Waals surface area (Å²) in [7, 11) is 0. The SMILES string of the molecule is O=C(O)CCNC(=O)NCc1ccc(COCC(F)(F)F)cc1. The number of rotatable bonds is 8. The number of halogens is 3. The zero-order chi connectivity index (χ0) is 17.3. The van der Waals surface area contributed by atoms with E-state index in [-0.39, 0.29) is 26.1 Å². The summed E-state index contributed by atoms with van der Waals surface area (Å²) in [6, 6.07) is 6.03. The van der Waals surface area contributed by atoms with Gasteiger partial charge in [-0.05, 0) is 11.1 Å². The van der Waals surface area contributed by atoms with Crippen LogP contribution < -0.4 is 10.6 Å². The van der Waals surface area contributed by atoms with E-state index in [4.69, 9.17) is 5.11 Å². The van der Waals surface area contributed by atoms with Gasteiger partial charge >= 0.3 is 18.2 Å². The number of aliphatic carboxylic acids is 1. The van der Waals surface area contributed by atoms with Crippen LogP contribution in [0, 0.1) is 0 Å². The molecule has 0 unspecified atom stereocenters. The van der Waals surface area contributed by atoms with E-state index < -0.39 is 24.8 Å². The molecule has 0 atom stereocenters. The Bertz CT molecular complexity index is 518. The summed E-state index contributed by atoms with van der Waals surface area (Å²) in [5.41, 5.74) is 1.34. The van der Waals surface area contributed by atoms with Gasteiger partial charge in [-0.25, -0.2) is 4.79 Å². The number of hydrogen-bond donors (Lipinski definition) is 3. The lowest BCUT2D eigenvalue weighted by Crippen LogP contribution is -2.36. The molecule has 0 radical (unpaired) electrons. The summed E-state index contributed by atoms with van der Waals surface area (Å²) < 4.78 is 40.3. The van der Waals surface area contributed by atoms with Crippen LogP contribution in [0.3, 0.4) is 0 Å². The maximum atomic E-state index is 11.9. The first-order valence-corrected chi connectivity index (χ1v) is 6.72. The zero-order valence-corrected chi connectivity index (χ0v) is 12.2. The number of carbonyl (C=O) groups excluding carboxylic acids is 1. The monoisotopic (exact) mass is 334 g/mol. The van der Waals surface area contributed by atoms with E-state index in [9.17, 15) is 22.8 Å². The molecule has 0 heterocycles. The van der Waals surface area contributed by atoms with Crippen LogP contribution in [0.15, 0.2) is 24.3 Å². The van der Waals surface area contributed by atoms with Gasteiger partial charge in [0.15, 0.2) is 0 Å². The third-order valence-electron chi connectivity index (χ3n) is 2.63. The average molecular weight is 334 g/mol. The fourth-order valence-corrected chi connectivity index (χ4v) is 1.57. The number of carboxylic acids is 1. The minimum absolute atomic E-state index is 0.0245. The number of ether oxygens (including phenoxy) is 1. The van der Waals surface area contributed by atoms with Crippen molar-refractivity contribution in [2.45, 2.75) is 25.7 Å². The normalized spacial score (nSPS) is 11.1. The van der Waals surface area contributed by atoms with Crippen LogP contribution in [0.25, 0.3) is 0 Å². The number of urea groups is 1. The fraction of sp³-hybridized carbons (Fsp3) is 0.429. The predicted octanol–water partition coefficient (Wildman–Crippen LogP) is 2.04. The number of nitrogens with one attached hydrogen (secondary N) is 2. The molecule has 2 amide bonds. The molecule has 0 aliphatic carbocycles. The van der Waals surface area contributed by atoms with Crippen LogP contribution in [-0.2, 0) is 22.7 Å². The highest BCUT2D eigenvalue weighted by Crippen LogP contribution is 2.15. The maximum absolute atomic E-state index is 11.9. The highest BCUT2D eigenvalue weighted by molar-refractivity contribution is 5.74. The summed E-state index contributed by atoms with van der Waals surface area (Å²) in [5, 5.41) is 13.3. The van der Waals surface area contributed by atoms with Gasteiger partial charge in [0, 0.05) is 13.1 Å². The standard InChI is InChI=1S/C14H17F3N2O4/c15-14(16,17)9-23-8-11-3-1-10(2-4-11)7-19-13(22)18-6-5-12(20)21/h1-4H,5-9H2,(H,20,21)(H2,18,19,22). The van der Waals surface area contributed by atoms with Crippen molar-refractivity contribution >= 4 is 12.0 Å². The molecule has 9 heteroatoms. The quantitative estimate of drug-likeness (QED) is 0.679. The first-order valence-electron chi connectivity index (χ1n) is 6.72. The van der Waals surface area contributed by atoms with E-state index in [1.54, 1.807) is 24.3 Å². The van der Waals surface area contributed by atoms with Crippen molar-refractivity contribution in [3.8, 4) is 0 Å². The third kappa shape index (κ3) is 9.35. The molecular formula is C14H17F3N2O4. The Morgan fingerprint density at radius 1 is 1.09 bits per heavy atom. The van der Waals surface area contributed by atoms with Crippen molar-refractivity contribution in [2.75, 3.05) is 13.2 Å². The first kappa shape index (κ1) is 18.8. The molecule has 128 valence electrons. The minimum Gasteiger partial charge on any atom is -0.481 e. The molecule has 0 aromatic heterocycles. The second-order valence-electron chi connectivity index (χ2n) is 4.68. The molecule has 1 aromatic carbocycles. The Hall–Kier alpha value is -2.29. The van der Waals surface area contributed by atoms with Gasteiger partial charge in [0.2, 0.25) is 0 Å². The number of carbonyl (C=O) groups is 2. The molecule has 0 fully saturated rings. The Kier molecular flexibility index (Phi) is 7.33. The van der Waals surface area contributed by atoms with Crippen LogP contribution >= 0.6 is 0 Å². The van der Waals surface area contributed by atoms with Gasteiger partial charge in [0.05, 0.1) is 13.0 Å². The summed E-state index contributed by atoms with van der Waals surface area (Å²) in [4.78, 5) is 21.6. The molecule has 0 aliphatic heterocycles. The molecule has 6 nitrogen and oxygen atoms in total. The van der Waals surface area contributed by atoms with Crippen molar-refractivity contribution in [3.63, 3.8) is 0 Å². The summed E-state index contributed by atoms with van der Waals surface area (Å²) in [5.74, 6) is -1.01.